The van der Waals surface area contributed by atoms with Crippen LogP contribution < -0.4 is 5.73 Å². The van der Waals surface area contributed by atoms with Crippen molar-refractivity contribution in [2.45, 2.75) is 75.2 Å². The van der Waals surface area contributed by atoms with Gasteiger partial charge in [0, 0.05) is 19.4 Å². The monoisotopic (exact) mass is 317 g/mol. The highest BCUT2D eigenvalue weighted by atomic mass is 32.2. The van der Waals surface area contributed by atoms with Crippen LogP contribution in [0, 0.1) is 11.8 Å². The number of nitrogens with two attached hydrogens (primary N) is 1. The van der Waals surface area contributed by atoms with Gasteiger partial charge >= 0.3 is 0 Å². The lowest BCUT2D eigenvalue weighted by atomic mass is 9.75. The molecule has 0 saturated heterocycles. The summed E-state index contributed by atoms with van der Waals surface area (Å²) in [5, 5.41) is -0.203. The fraction of sp³-hybridized carbons (Fsp3) is 1.00. The van der Waals surface area contributed by atoms with E-state index >= 15 is 0 Å². The number of methoxy groups -OCH3 is 1. The second-order valence-corrected chi connectivity index (χ2v) is 9.38. The first-order valence-electron chi connectivity index (χ1n) is 8.40. The fourth-order valence-electron chi connectivity index (χ4n) is 4.31. The molecule has 2 fully saturated rings. The number of sulfone groups is 1. The van der Waals surface area contributed by atoms with Crippen LogP contribution in [0.25, 0.3) is 0 Å². The van der Waals surface area contributed by atoms with Gasteiger partial charge in [0.2, 0.25) is 0 Å². The molecule has 0 amide bonds. The Morgan fingerprint density at radius 1 is 1.00 bits per heavy atom. The maximum Gasteiger partial charge on any atom is 0.150 e. The average molecular weight is 317 g/mol. The van der Waals surface area contributed by atoms with E-state index in [1.165, 1.54) is 38.4 Å². The molecule has 124 valence electrons. The quantitative estimate of drug-likeness (QED) is 0.846. The van der Waals surface area contributed by atoms with Crippen molar-refractivity contribution in [3.05, 3.63) is 0 Å². The normalized spacial score (nSPS) is 31.8. The minimum atomic E-state index is -2.95. The van der Waals surface area contributed by atoms with Crippen LogP contribution in [0.4, 0.5) is 0 Å². The van der Waals surface area contributed by atoms with Crippen molar-refractivity contribution in [2.24, 2.45) is 17.6 Å². The highest BCUT2D eigenvalue weighted by molar-refractivity contribution is 7.91. The van der Waals surface area contributed by atoms with Crippen LogP contribution in [-0.4, -0.2) is 39.2 Å². The van der Waals surface area contributed by atoms with Crippen LogP contribution in [0.15, 0.2) is 0 Å². The van der Waals surface area contributed by atoms with E-state index in [1.54, 1.807) is 7.11 Å². The smallest absolute Gasteiger partial charge is 0.150 e. The second-order valence-electron chi connectivity index (χ2n) is 7.05. The van der Waals surface area contributed by atoms with E-state index in [0.717, 1.165) is 19.3 Å². The molecule has 0 aromatic rings. The molecule has 21 heavy (non-hydrogen) atoms. The van der Waals surface area contributed by atoms with Crippen molar-refractivity contribution in [3.8, 4) is 0 Å². The van der Waals surface area contributed by atoms with Gasteiger partial charge in [-0.3, -0.25) is 0 Å². The summed E-state index contributed by atoms with van der Waals surface area (Å²) in [7, 11) is -1.19. The van der Waals surface area contributed by atoms with Gasteiger partial charge in [-0.1, -0.05) is 25.7 Å². The topological polar surface area (TPSA) is 69.4 Å². The molecule has 4 atom stereocenters. The Bertz CT molecular complexity index is 417. The molecular formula is C16H31NO3S. The summed E-state index contributed by atoms with van der Waals surface area (Å²) >= 11 is 0. The predicted molar refractivity (Wildman–Crippen MR) is 85.9 cm³/mol. The SMILES string of the molecule is COC(C1CCCCC1)C(N)C1CCCC(S(C)(=O)=O)C1. The zero-order valence-corrected chi connectivity index (χ0v) is 14.3. The van der Waals surface area contributed by atoms with Gasteiger partial charge in [-0.2, -0.15) is 0 Å². The molecule has 0 aromatic heterocycles. The summed E-state index contributed by atoms with van der Waals surface area (Å²) < 4.78 is 29.4. The van der Waals surface area contributed by atoms with Crippen LogP contribution >= 0.6 is 0 Å². The molecule has 0 radical (unpaired) electrons. The minimum absolute atomic E-state index is 0.0253. The molecule has 2 N–H and O–H groups in total. The Balaban J connectivity index is 2.01. The third kappa shape index (κ3) is 4.42. The number of rotatable bonds is 5. The average Bonchev–Trinajstić information content (AvgIpc) is 2.48. The lowest BCUT2D eigenvalue weighted by Gasteiger charge is -2.39. The Morgan fingerprint density at radius 2 is 1.62 bits per heavy atom. The second kappa shape index (κ2) is 7.42. The Hall–Kier alpha value is -0.130. The molecule has 2 saturated carbocycles. The molecule has 0 spiro atoms. The largest absolute Gasteiger partial charge is 0.380 e. The molecule has 0 aliphatic heterocycles. The first-order chi connectivity index (χ1) is 9.93. The molecule has 4 nitrogen and oxygen atoms in total. The molecule has 5 heteroatoms. The lowest BCUT2D eigenvalue weighted by Crippen LogP contribution is -2.49. The van der Waals surface area contributed by atoms with E-state index in [-0.39, 0.29) is 23.3 Å². The molecule has 0 bridgehead atoms. The summed E-state index contributed by atoms with van der Waals surface area (Å²) in [4.78, 5) is 0. The summed E-state index contributed by atoms with van der Waals surface area (Å²) in [5.41, 5.74) is 6.52. The van der Waals surface area contributed by atoms with Crippen LogP contribution in [0.3, 0.4) is 0 Å². The first-order valence-corrected chi connectivity index (χ1v) is 10.4. The zero-order chi connectivity index (χ0) is 15.5. The Morgan fingerprint density at radius 3 is 2.19 bits per heavy atom. The van der Waals surface area contributed by atoms with Gasteiger partial charge in [-0.25, -0.2) is 8.42 Å². The summed E-state index contributed by atoms with van der Waals surface area (Å²) in [6.45, 7) is 0. The van der Waals surface area contributed by atoms with Crippen molar-refractivity contribution in [1.82, 2.24) is 0 Å². The molecule has 4 unspecified atom stereocenters. The zero-order valence-electron chi connectivity index (χ0n) is 13.5. The van der Waals surface area contributed by atoms with E-state index in [4.69, 9.17) is 10.5 Å². The lowest BCUT2D eigenvalue weighted by molar-refractivity contribution is -0.00111. The van der Waals surface area contributed by atoms with Crippen LogP contribution in [0.2, 0.25) is 0 Å². The van der Waals surface area contributed by atoms with E-state index < -0.39 is 9.84 Å². The Labute approximate surface area is 129 Å². The van der Waals surface area contributed by atoms with E-state index in [0.29, 0.717) is 12.3 Å². The van der Waals surface area contributed by atoms with E-state index in [2.05, 4.69) is 0 Å². The standard InChI is InChI=1S/C16H31NO3S/c1-20-16(12-7-4-3-5-8-12)15(17)13-9-6-10-14(11-13)21(2,18)19/h12-16H,3-11,17H2,1-2H3. The van der Waals surface area contributed by atoms with Crippen molar-refractivity contribution < 1.29 is 13.2 Å². The number of ether oxygens (including phenoxy) is 1. The van der Waals surface area contributed by atoms with Crippen LogP contribution in [0.1, 0.15) is 57.8 Å². The van der Waals surface area contributed by atoms with Gasteiger partial charge in [0.15, 0.2) is 0 Å². The highest BCUT2D eigenvalue weighted by Crippen LogP contribution is 2.35. The molecule has 2 rings (SSSR count). The van der Waals surface area contributed by atoms with Crippen molar-refractivity contribution in [2.75, 3.05) is 13.4 Å². The maximum absolute atomic E-state index is 11.8. The van der Waals surface area contributed by atoms with E-state index in [9.17, 15) is 8.42 Å². The van der Waals surface area contributed by atoms with Crippen molar-refractivity contribution in [3.63, 3.8) is 0 Å². The Kier molecular flexibility index (Phi) is 6.09. The van der Waals surface area contributed by atoms with Crippen molar-refractivity contribution >= 4 is 9.84 Å². The third-order valence-corrected chi connectivity index (χ3v) is 7.22. The third-order valence-electron chi connectivity index (χ3n) is 5.58. The van der Waals surface area contributed by atoms with Gasteiger partial charge in [0.1, 0.15) is 9.84 Å². The molecule has 2 aliphatic rings. The molecule has 2 aliphatic carbocycles. The highest BCUT2D eigenvalue weighted by Gasteiger charge is 2.37. The molecule has 0 aromatic carbocycles. The van der Waals surface area contributed by atoms with Gasteiger partial charge < -0.3 is 10.5 Å². The van der Waals surface area contributed by atoms with E-state index in [1.807, 2.05) is 0 Å². The minimum Gasteiger partial charge on any atom is -0.380 e. The van der Waals surface area contributed by atoms with Crippen LogP contribution in [0.5, 0.6) is 0 Å². The van der Waals surface area contributed by atoms with Gasteiger partial charge in [-0.05, 0) is 43.9 Å². The van der Waals surface area contributed by atoms with Gasteiger partial charge in [0.05, 0.1) is 11.4 Å². The predicted octanol–water partition coefficient (Wildman–Crippen LogP) is 2.51. The number of hydrogen-bond donors (Lipinski definition) is 1. The molecule has 0 heterocycles. The van der Waals surface area contributed by atoms with Crippen molar-refractivity contribution in [1.29, 1.82) is 0 Å². The maximum atomic E-state index is 11.8. The summed E-state index contributed by atoms with van der Waals surface area (Å²) in [6, 6.07) is -0.0253. The summed E-state index contributed by atoms with van der Waals surface area (Å²) in [5.74, 6) is 0.836. The van der Waals surface area contributed by atoms with Gasteiger partial charge in [0.25, 0.3) is 0 Å². The first kappa shape index (κ1) is 17.2. The van der Waals surface area contributed by atoms with Crippen LogP contribution in [-0.2, 0) is 14.6 Å². The fourth-order valence-corrected chi connectivity index (χ4v) is 5.51. The molecular weight excluding hydrogens is 286 g/mol. The summed E-state index contributed by atoms with van der Waals surface area (Å²) in [6.07, 6.45) is 11.2. The van der Waals surface area contributed by atoms with Gasteiger partial charge in [-0.15, -0.1) is 0 Å². The number of hydrogen-bond acceptors (Lipinski definition) is 4.